The average Bonchev–Trinajstić information content (AvgIpc) is 3.20. The maximum atomic E-state index is 12.8. The summed E-state index contributed by atoms with van der Waals surface area (Å²) in [6, 6.07) is 15.4. The summed E-state index contributed by atoms with van der Waals surface area (Å²) in [5.74, 6) is 0.573. The smallest absolute Gasteiger partial charge is 0.166 e. The Labute approximate surface area is 165 Å². The number of fused-ring (bicyclic) bond motifs is 1. The van der Waals surface area contributed by atoms with Crippen molar-refractivity contribution in [2.24, 2.45) is 0 Å². The number of aliphatic hydroxyl groups excluding tert-OH is 1. The number of para-hydroxylation sites is 1. The van der Waals surface area contributed by atoms with Gasteiger partial charge in [-0.25, -0.2) is 0 Å². The van der Waals surface area contributed by atoms with Crippen molar-refractivity contribution in [3.05, 3.63) is 65.9 Å². The van der Waals surface area contributed by atoms with Crippen molar-refractivity contribution in [3.8, 4) is 5.75 Å². The molecule has 0 saturated heterocycles. The van der Waals surface area contributed by atoms with Crippen LogP contribution >= 0.6 is 0 Å². The van der Waals surface area contributed by atoms with Crippen LogP contribution in [0.15, 0.2) is 54.7 Å². The zero-order valence-corrected chi connectivity index (χ0v) is 16.3. The number of nitrogens with one attached hydrogen (secondary N) is 2. The number of hydrogen-bond donors (Lipinski definition) is 3. The Morgan fingerprint density at radius 3 is 2.89 bits per heavy atom. The first-order valence-corrected chi connectivity index (χ1v) is 9.87. The number of aromatic amines is 1. The molecule has 2 aromatic carbocycles. The van der Waals surface area contributed by atoms with Gasteiger partial charge in [-0.05, 0) is 49.2 Å². The van der Waals surface area contributed by atoms with E-state index in [2.05, 4.69) is 23.3 Å². The highest BCUT2D eigenvalue weighted by Crippen LogP contribution is 2.23. The molecule has 28 heavy (non-hydrogen) atoms. The van der Waals surface area contributed by atoms with Gasteiger partial charge in [-0.1, -0.05) is 31.2 Å². The van der Waals surface area contributed by atoms with Crippen LogP contribution in [0.2, 0.25) is 0 Å². The molecule has 1 atom stereocenters. The van der Waals surface area contributed by atoms with Crippen LogP contribution in [0.5, 0.6) is 5.75 Å². The molecule has 3 aromatic rings. The number of benzene rings is 2. The summed E-state index contributed by atoms with van der Waals surface area (Å²) in [5, 5.41) is 14.3. The summed E-state index contributed by atoms with van der Waals surface area (Å²) < 4.78 is 5.74. The highest BCUT2D eigenvalue weighted by Gasteiger charge is 2.14. The van der Waals surface area contributed by atoms with Crippen molar-refractivity contribution < 1.29 is 14.6 Å². The van der Waals surface area contributed by atoms with Gasteiger partial charge in [0.2, 0.25) is 0 Å². The molecule has 0 bridgehead atoms. The zero-order chi connectivity index (χ0) is 19.8. The van der Waals surface area contributed by atoms with Crippen LogP contribution in [0.25, 0.3) is 10.9 Å². The van der Waals surface area contributed by atoms with Crippen LogP contribution in [-0.4, -0.2) is 41.7 Å². The van der Waals surface area contributed by atoms with Gasteiger partial charge in [0.05, 0.1) is 5.56 Å². The Hall–Kier alpha value is -2.63. The van der Waals surface area contributed by atoms with E-state index in [-0.39, 0.29) is 12.4 Å². The molecule has 0 saturated carbocycles. The first kappa shape index (κ1) is 20.1. The van der Waals surface area contributed by atoms with Crippen molar-refractivity contribution >= 4 is 16.7 Å². The highest BCUT2D eigenvalue weighted by molar-refractivity contribution is 5.99. The quantitative estimate of drug-likeness (QED) is 0.350. The van der Waals surface area contributed by atoms with E-state index in [1.54, 1.807) is 12.1 Å². The number of aliphatic hydroxyl groups is 1. The second kappa shape index (κ2) is 10.1. The van der Waals surface area contributed by atoms with E-state index in [0.29, 0.717) is 30.7 Å². The number of Topliss-reactive ketones (excluding diaryl/α,β-unsaturated/α-hetero) is 1. The molecule has 0 aliphatic heterocycles. The third-order valence-corrected chi connectivity index (χ3v) is 4.73. The molecule has 5 nitrogen and oxygen atoms in total. The van der Waals surface area contributed by atoms with Crippen molar-refractivity contribution in [3.63, 3.8) is 0 Å². The third kappa shape index (κ3) is 5.21. The fourth-order valence-corrected chi connectivity index (χ4v) is 3.26. The first-order chi connectivity index (χ1) is 13.7. The molecule has 1 unspecified atom stereocenters. The average molecular weight is 380 g/mol. The lowest BCUT2D eigenvalue weighted by atomic mass is 10.00. The van der Waals surface area contributed by atoms with E-state index < -0.39 is 6.10 Å². The second-order valence-corrected chi connectivity index (χ2v) is 6.94. The lowest BCUT2D eigenvalue weighted by molar-refractivity contribution is 0.0950. The van der Waals surface area contributed by atoms with Gasteiger partial charge in [-0.15, -0.1) is 0 Å². The van der Waals surface area contributed by atoms with Gasteiger partial charge in [0.1, 0.15) is 18.5 Å². The van der Waals surface area contributed by atoms with Crippen LogP contribution in [0, 0.1) is 0 Å². The normalized spacial score (nSPS) is 12.2. The molecule has 0 amide bonds. The van der Waals surface area contributed by atoms with Gasteiger partial charge < -0.3 is 20.1 Å². The highest BCUT2D eigenvalue weighted by atomic mass is 16.5. The molecular weight excluding hydrogens is 352 g/mol. The molecule has 1 heterocycles. The van der Waals surface area contributed by atoms with Crippen molar-refractivity contribution in [1.29, 1.82) is 0 Å². The van der Waals surface area contributed by atoms with E-state index in [0.717, 1.165) is 29.4 Å². The van der Waals surface area contributed by atoms with Crippen LogP contribution in [-0.2, 0) is 6.42 Å². The Bertz CT molecular complexity index is 904. The number of ketones is 1. The molecule has 3 N–H and O–H groups in total. The standard InChI is InChI=1S/C23H28N2O3/c1-2-13-24-15-18(26)16-28-23-9-4-3-7-20(23)22(27)11-10-17-6-5-8-21-19(17)12-14-25-21/h3-9,12,14,18,24-26H,2,10-11,13,15-16H2,1H3. The Morgan fingerprint density at radius 2 is 2.04 bits per heavy atom. The van der Waals surface area contributed by atoms with Gasteiger partial charge >= 0.3 is 0 Å². The molecule has 0 radical (unpaired) electrons. The summed E-state index contributed by atoms with van der Waals surface area (Å²) >= 11 is 0. The van der Waals surface area contributed by atoms with E-state index in [9.17, 15) is 9.90 Å². The van der Waals surface area contributed by atoms with Crippen LogP contribution in [0.4, 0.5) is 0 Å². The predicted molar refractivity (Wildman–Crippen MR) is 112 cm³/mol. The number of aryl methyl sites for hydroxylation is 1. The lowest BCUT2D eigenvalue weighted by Crippen LogP contribution is -2.32. The molecular formula is C23H28N2O3. The summed E-state index contributed by atoms with van der Waals surface area (Å²) in [6.07, 6.45) is 3.40. The molecule has 148 valence electrons. The van der Waals surface area contributed by atoms with Gasteiger partial charge in [0.15, 0.2) is 5.78 Å². The summed E-state index contributed by atoms with van der Waals surface area (Å²) in [4.78, 5) is 16.0. The number of H-pyrrole nitrogens is 1. The topological polar surface area (TPSA) is 74.3 Å². The maximum Gasteiger partial charge on any atom is 0.166 e. The number of ether oxygens (including phenoxy) is 1. The monoisotopic (exact) mass is 380 g/mol. The van der Waals surface area contributed by atoms with Crippen LogP contribution < -0.4 is 10.1 Å². The predicted octanol–water partition coefficient (Wildman–Crippen LogP) is 3.72. The maximum absolute atomic E-state index is 12.8. The Morgan fingerprint density at radius 1 is 1.18 bits per heavy atom. The number of rotatable bonds is 11. The largest absolute Gasteiger partial charge is 0.490 e. The van der Waals surface area contributed by atoms with E-state index in [1.807, 2.05) is 36.5 Å². The summed E-state index contributed by atoms with van der Waals surface area (Å²) in [5.41, 5.74) is 2.81. The van der Waals surface area contributed by atoms with Crippen LogP contribution in [0.1, 0.15) is 35.7 Å². The van der Waals surface area contributed by atoms with Gasteiger partial charge in [0, 0.05) is 30.1 Å². The van der Waals surface area contributed by atoms with Crippen LogP contribution in [0.3, 0.4) is 0 Å². The van der Waals surface area contributed by atoms with Crippen molar-refractivity contribution in [2.45, 2.75) is 32.3 Å². The lowest BCUT2D eigenvalue weighted by Gasteiger charge is -2.15. The van der Waals surface area contributed by atoms with E-state index in [4.69, 9.17) is 4.74 Å². The SMILES string of the molecule is CCCNCC(O)COc1ccccc1C(=O)CCc1cccc2[nH]ccc12. The molecule has 1 aromatic heterocycles. The number of hydrogen-bond acceptors (Lipinski definition) is 4. The zero-order valence-electron chi connectivity index (χ0n) is 16.3. The Kier molecular flexibility index (Phi) is 7.23. The van der Waals surface area contributed by atoms with E-state index >= 15 is 0 Å². The van der Waals surface area contributed by atoms with E-state index in [1.165, 1.54) is 0 Å². The molecule has 0 aliphatic rings. The Balaban J connectivity index is 1.60. The number of aromatic nitrogens is 1. The van der Waals surface area contributed by atoms with Crippen molar-refractivity contribution in [2.75, 3.05) is 19.7 Å². The summed E-state index contributed by atoms with van der Waals surface area (Å²) in [6.45, 7) is 3.57. The van der Waals surface area contributed by atoms with Gasteiger partial charge in [-0.3, -0.25) is 4.79 Å². The molecule has 0 spiro atoms. The minimum atomic E-state index is -0.610. The summed E-state index contributed by atoms with van der Waals surface area (Å²) in [7, 11) is 0. The fraction of sp³-hybridized carbons (Fsp3) is 0.348. The minimum absolute atomic E-state index is 0.0433. The first-order valence-electron chi connectivity index (χ1n) is 9.87. The molecule has 0 aliphatic carbocycles. The molecule has 5 heteroatoms. The number of carbonyl (C=O) groups is 1. The van der Waals surface area contributed by atoms with Gasteiger partial charge in [-0.2, -0.15) is 0 Å². The number of carbonyl (C=O) groups excluding carboxylic acids is 1. The second-order valence-electron chi connectivity index (χ2n) is 6.94. The molecule has 3 rings (SSSR count). The molecule has 0 fully saturated rings. The fourth-order valence-electron chi connectivity index (χ4n) is 3.26. The minimum Gasteiger partial charge on any atom is -0.490 e. The van der Waals surface area contributed by atoms with Gasteiger partial charge in [0.25, 0.3) is 0 Å². The third-order valence-electron chi connectivity index (χ3n) is 4.73. The van der Waals surface area contributed by atoms with Crippen molar-refractivity contribution in [1.82, 2.24) is 10.3 Å².